The molecular weight excluding hydrogens is 233 g/mol. The van der Waals surface area contributed by atoms with Gasteiger partial charge in [-0.2, -0.15) is 0 Å². The van der Waals surface area contributed by atoms with Gasteiger partial charge < -0.3 is 12.4 Å². The zero-order valence-corrected chi connectivity index (χ0v) is 10.3. The van der Waals surface area contributed by atoms with E-state index in [1.54, 1.807) is 5.54 Å². The maximum absolute atomic E-state index is 5.62. The predicted octanol–water partition coefficient (Wildman–Crippen LogP) is -2.31. The molecule has 5 heteroatoms. The van der Waals surface area contributed by atoms with Gasteiger partial charge in [-0.1, -0.05) is 11.6 Å². The highest BCUT2D eigenvalue weighted by Gasteiger charge is 2.48. The van der Waals surface area contributed by atoms with Gasteiger partial charge in [-0.05, 0) is 6.08 Å². The van der Waals surface area contributed by atoms with Crippen LogP contribution in [0.15, 0.2) is 11.6 Å². The number of hydrogen-bond donors (Lipinski definition) is 0. The van der Waals surface area contributed by atoms with E-state index >= 15 is 0 Å². The Morgan fingerprint density at radius 2 is 1.93 bits per heavy atom. The summed E-state index contributed by atoms with van der Waals surface area (Å²) in [5.41, 5.74) is 1.67. The molecule has 4 aliphatic heterocycles. The van der Waals surface area contributed by atoms with E-state index in [9.17, 15) is 0 Å². The second-order valence-electron chi connectivity index (χ2n) is 5.07. The van der Waals surface area contributed by atoms with Crippen molar-refractivity contribution in [3.8, 4) is 0 Å². The molecule has 2 atom stereocenters. The summed E-state index contributed by atoms with van der Waals surface area (Å²) in [4.78, 5) is 5.17. The Balaban J connectivity index is 0.000000853. The third kappa shape index (κ3) is 2.04. The first kappa shape index (κ1) is 11.7. The van der Waals surface area contributed by atoms with E-state index in [0.717, 1.165) is 12.5 Å². The van der Waals surface area contributed by atoms with Crippen molar-refractivity contribution in [1.82, 2.24) is 9.80 Å². The molecule has 2 unspecified atom stereocenters. The molecule has 0 amide bonds. The van der Waals surface area contributed by atoms with Gasteiger partial charge in [0.2, 0.25) is 0 Å². The molecule has 0 aromatic heterocycles. The summed E-state index contributed by atoms with van der Waals surface area (Å²) >= 11 is 5.62. The fourth-order valence-corrected chi connectivity index (χ4v) is 3.60. The molecule has 4 saturated heterocycles. The van der Waals surface area contributed by atoms with Gasteiger partial charge in [0.1, 0.15) is 19.9 Å². The lowest BCUT2D eigenvalue weighted by molar-refractivity contribution is -0.965. The van der Waals surface area contributed by atoms with Crippen molar-refractivity contribution >= 4 is 11.6 Å². The Bertz CT molecular complexity index is 232. The summed E-state index contributed by atoms with van der Waals surface area (Å²) in [6, 6.07) is 0. The van der Waals surface area contributed by atoms with Crippen molar-refractivity contribution in [2.45, 2.75) is 0 Å². The summed E-state index contributed by atoms with van der Waals surface area (Å²) < 4.78 is 1.22. The van der Waals surface area contributed by atoms with E-state index in [1.165, 1.54) is 44.1 Å². The standard InChI is InChI=1S/C10H17ClN3.ClH/c11-2-1-3-14-6-10-4-12(8-14)7-13(5-10)9-14;/h1-2,10H,3-9H2;1H/q+1;/p-1/b2-1+;. The fraction of sp³-hybridized carbons (Fsp3) is 0.800. The lowest BCUT2D eigenvalue weighted by Crippen LogP contribution is -3.00. The summed E-state index contributed by atoms with van der Waals surface area (Å²) in [5, 5.41) is 0. The highest BCUT2D eigenvalue weighted by Crippen LogP contribution is 2.31. The Labute approximate surface area is 102 Å². The van der Waals surface area contributed by atoms with Crippen molar-refractivity contribution in [2.24, 2.45) is 5.92 Å². The minimum absolute atomic E-state index is 0. The van der Waals surface area contributed by atoms with Crippen LogP contribution >= 0.6 is 11.6 Å². The van der Waals surface area contributed by atoms with E-state index in [0.29, 0.717) is 0 Å². The zero-order valence-electron chi connectivity index (χ0n) is 8.78. The SMILES string of the molecule is Cl/C=C/C[N+]12CC3CN(CN(C3)C1)C2.[Cl-]. The van der Waals surface area contributed by atoms with Crippen LogP contribution in [0.25, 0.3) is 0 Å². The van der Waals surface area contributed by atoms with Gasteiger partial charge in [0.25, 0.3) is 0 Å². The molecule has 4 bridgehead atoms. The summed E-state index contributed by atoms with van der Waals surface area (Å²) in [5.74, 6) is 0.898. The average Bonchev–Trinajstić information content (AvgIpc) is 2.12. The van der Waals surface area contributed by atoms with Crippen LogP contribution in [-0.4, -0.2) is 60.5 Å². The molecule has 15 heavy (non-hydrogen) atoms. The van der Waals surface area contributed by atoms with Crippen LogP contribution in [0.5, 0.6) is 0 Å². The first-order valence-corrected chi connectivity index (χ1v) is 5.78. The molecule has 4 heterocycles. The van der Waals surface area contributed by atoms with Crippen molar-refractivity contribution < 1.29 is 16.9 Å². The second-order valence-corrected chi connectivity index (χ2v) is 5.32. The van der Waals surface area contributed by atoms with Gasteiger partial charge >= 0.3 is 0 Å². The third-order valence-corrected chi connectivity index (χ3v) is 3.84. The third-order valence-electron chi connectivity index (χ3n) is 3.66. The Morgan fingerprint density at radius 1 is 1.27 bits per heavy atom. The number of hydrogen-bond acceptors (Lipinski definition) is 2. The summed E-state index contributed by atoms with van der Waals surface area (Å²) in [7, 11) is 0. The lowest BCUT2D eigenvalue weighted by atomic mass is 9.98. The minimum Gasteiger partial charge on any atom is -1.00 e. The fourth-order valence-electron chi connectivity index (χ4n) is 3.52. The van der Waals surface area contributed by atoms with Gasteiger partial charge in [0.05, 0.1) is 13.2 Å². The van der Waals surface area contributed by atoms with Crippen LogP contribution in [0, 0.1) is 5.92 Å². The minimum atomic E-state index is 0. The second kappa shape index (κ2) is 4.22. The highest BCUT2D eigenvalue weighted by atomic mass is 35.5. The number of nitrogens with zero attached hydrogens (tertiary/aromatic N) is 3. The van der Waals surface area contributed by atoms with Gasteiger partial charge in [0.15, 0.2) is 0 Å². The number of quaternary nitrogens is 1. The molecule has 4 rings (SSSR count). The van der Waals surface area contributed by atoms with Gasteiger partial charge in [-0.15, -0.1) is 0 Å². The molecular formula is C10H17Cl2N3. The van der Waals surface area contributed by atoms with Gasteiger partial charge in [-0.25, -0.2) is 9.80 Å². The van der Waals surface area contributed by atoms with Crippen molar-refractivity contribution in [1.29, 1.82) is 0 Å². The lowest BCUT2D eigenvalue weighted by Gasteiger charge is -2.59. The molecule has 0 N–H and O–H groups in total. The molecule has 3 nitrogen and oxygen atoms in total. The van der Waals surface area contributed by atoms with Crippen molar-refractivity contribution in [3.05, 3.63) is 11.6 Å². The molecule has 0 aromatic carbocycles. The first-order valence-electron chi connectivity index (χ1n) is 5.35. The molecule has 0 radical (unpaired) electrons. The average molecular weight is 250 g/mol. The Kier molecular flexibility index (Phi) is 3.29. The van der Waals surface area contributed by atoms with Crippen molar-refractivity contribution in [2.75, 3.05) is 46.2 Å². The zero-order chi connectivity index (χ0) is 9.60. The molecule has 0 aromatic rings. The van der Waals surface area contributed by atoms with Crippen LogP contribution in [0.3, 0.4) is 0 Å². The Hall–Kier alpha value is 0.200. The highest BCUT2D eigenvalue weighted by molar-refractivity contribution is 6.25. The van der Waals surface area contributed by atoms with Crippen molar-refractivity contribution in [3.63, 3.8) is 0 Å². The molecule has 0 aliphatic carbocycles. The molecule has 0 spiro atoms. The Morgan fingerprint density at radius 3 is 2.47 bits per heavy atom. The van der Waals surface area contributed by atoms with Crippen LogP contribution in [0.4, 0.5) is 0 Å². The van der Waals surface area contributed by atoms with Crippen LogP contribution in [-0.2, 0) is 0 Å². The predicted molar refractivity (Wildman–Crippen MR) is 56.5 cm³/mol. The number of rotatable bonds is 2. The van der Waals surface area contributed by atoms with Crippen LogP contribution in [0.2, 0.25) is 0 Å². The maximum Gasteiger partial charge on any atom is 0.137 e. The van der Waals surface area contributed by atoms with Gasteiger partial charge in [0, 0.05) is 24.5 Å². The van der Waals surface area contributed by atoms with E-state index in [1.807, 2.05) is 0 Å². The van der Waals surface area contributed by atoms with Crippen LogP contribution < -0.4 is 12.4 Å². The van der Waals surface area contributed by atoms with Gasteiger partial charge in [-0.3, -0.25) is 4.48 Å². The van der Waals surface area contributed by atoms with E-state index in [2.05, 4.69) is 15.9 Å². The van der Waals surface area contributed by atoms with E-state index in [-0.39, 0.29) is 12.4 Å². The molecule has 86 valence electrons. The first-order chi connectivity index (χ1) is 6.80. The van der Waals surface area contributed by atoms with Crippen LogP contribution in [0.1, 0.15) is 0 Å². The normalized spacial score (nSPS) is 47.1. The molecule has 0 saturated carbocycles. The monoisotopic (exact) mass is 249 g/mol. The summed E-state index contributed by atoms with van der Waals surface area (Å²) in [6.07, 6.45) is 2.11. The largest absolute Gasteiger partial charge is 1.00 e. The maximum atomic E-state index is 5.62. The summed E-state index contributed by atoms with van der Waals surface area (Å²) in [6.45, 7) is 8.76. The van der Waals surface area contributed by atoms with E-state index < -0.39 is 0 Å². The molecule has 4 aliphatic rings. The van der Waals surface area contributed by atoms with E-state index in [4.69, 9.17) is 11.6 Å². The number of halogens is 2. The quantitative estimate of drug-likeness (QED) is 0.508. The molecule has 4 fully saturated rings. The topological polar surface area (TPSA) is 6.48 Å². The smallest absolute Gasteiger partial charge is 0.137 e.